The Morgan fingerprint density at radius 1 is 1.42 bits per heavy atom. The van der Waals surface area contributed by atoms with Crippen molar-refractivity contribution in [2.75, 3.05) is 18.5 Å². The number of furan rings is 1. The topological polar surface area (TPSA) is 74.9 Å². The second kappa shape index (κ2) is 8.30. The lowest BCUT2D eigenvalue weighted by molar-refractivity contribution is -0.0498. The van der Waals surface area contributed by atoms with Crippen LogP contribution in [0.25, 0.3) is 0 Å². The Morgan fingerprint density at radius 2 is 2.21 bits per heavy atom. The highest BCUT2D eigenvalue weighted by Gasteiger charge is 2.16. The van der Waals surface area contributed by atoms with Gasteiger partial charge >= 0.3 is 12.6 Å². The molecule has 0 fully saturated rings. The molecule has 0 bridgehead atoms. The number of alkyl halides is 2. The second-order valence-corrected chi connectivity index (χ2v) is 5.01. The van der Waals surface area contributed by atoms with Crippen LogP contribution in [0.4, 0.5) is 19.3 Å². The van der Waals surface area contributed by atoms with Crippen molar-refractivity contribution in [1.29, 1.82) is 0 Å². The molecule has 0 aliphatic carbocycles. The maximum absolute atomic E-state index is 12.4. The summed E-state index contributed by atoms with van der Waals surface area (Å²) in [4.78, 5) is 13.7. The van der Waals surface area contributed by atoms with Gasteiger partial charge in [0.25, 0.3) is 0 Å². The highest BCUT2D eigenvalue weighted by atomic mass is 19.3. The molecular weight excluding hydrogens is 322 g/mol. The average molecular weight is 340 g/mol. The van der Waals surface area contributed by atoms with Crippen molar-refractivity contribution >= 4 is 11.7 Å². The van der Waals surface area contributed by atoms with E-state index in [1.165, 1.54) is 29.4 Å². The normalized spacial score (nSPS) is 10.7. The maximum Gasteiger partial charge on any atom is 0.387 e. The van der Waals surface area contributed by atoms with Crippen molar-refractivity contribution in [2.24, 2.45) is 0 Å². The van der Waals surface area contributed by atoms with Crippen LogP contribution in [0.15, 0.2) is 41.0 Å². The fourth-order valence-electron chi connectivity index (χ4n) is 2.11. The number of halogens is 2. The molecule has 0 radical (unpaired) electrons. The Morgan fingerprint density at radius 3 is 2.79 bits per heavy atom. The lowest BCUT2D eigenvalue weighted by Crippen LogP contribution is -2.36. The zero-order chi connectivity index (χ0) is 17.5. The first-order valence-corrected chi connectivity index (χ1v) is 7.24. The number of ether oxygens (including phenoxy) is 1. The van der Waals surface area contributed by atoms with Crippen molar-refractivity contribution in [2.45, 2.75) is 20.1 Å². The number of rotatable bonds is 7. The highest BCUT2D eigenvalue weighted by molar-refractivity contribution is 5.90. The van der Waals surface area contributed by atoms with Gasteiger partial charge in [-0.1, -0.05) is 0 Å². The number of aliphatic hydroxyl groups excluding tert-OH is 1. The number of aliphatic hydroxyl groups is 1. The molecule has 130 valence electrons. The van der Waals surface area contributed by atoms with E-state index in [4.69, 9.17) is 9.52 Å². The average Bonchev–Trinajstić information content (AvgIpc) is 3.02. The summed E-state index contributed by atoms with van der Waals surface area (Å²) < 4.78 is 33.9. The standard InChI is InChI=1S/C16H18F2N2O4/c1-11-9-12(24-15(17)18)4-5-14(11)19-16(22)20(6-7-21)10-13-3-2-8-23-13/h2-5,8-9,15,21H,6-7,10H2,1H3,(H,19,22). The summed E-state index contributed by atoms with van der Waals surface area (Å²) in [6, 6.07) is 7.22. The molecule has 2 amide bonds. The molecule has 1 aromatic heterocycles. The molecule has 0 saturated heterocycles. The van der Waals surface area contributed by atoms with E-state index in [1.54, 1.807) is 19.1 Å². The van der Waals surface area contributed by atoms with Gasteiger partial charge in [0, 0.05) is 12.2 Å². The zero-order valence-corrected chi connectivity index (χ0v) is 13.0. The Balaban J connectivity index is 2.05. The molecule has 24 heavy (non-hydrogen) atoms. The molecule has 0 atom stereocenters. The van der Waals surface area contributed by atoms with Crippen LogP contribution in [-0.4, -0.2) is 35.8 Å². The highest BCUT2D eigenvalue weighted by Crippen LogP contribution is 2.23. The van der Waals surface area contributed by atoms with Crippen LogP contribution in [0.1, 0.15) is 11.3 Å². The summed E-state index contributed by atoms with van der Waals surface area (Å²) >= 11 is 0. The molecule has 0 aliphatic rings. The summed E-state index contributed by atoms with van der Waals surface area (Å²) in [7, 11) is 0. The lowest BCUT2D eigenvalue weighted by atomic mass is 10.2. The summed E-state index contributed by atoms with van der Waals surface area (Å²) in [6.45, 7) is -1.12. The van der Waals surface area contributed by atoms with Gasteiger partial charge in [-0.05, 0) is 42.8 Å². The van der Waals surface area contributed by atoms with Crippen LogP contribution in [0.3, 0.4) is 0 Å². The molecule has 8 heteroatoms. The quantitative estimate of drug-likeness (QED) is 0.811. The minimum atomic E-state index is -2.90. The van der Waals surface area contributed by atoms with Crippen LogP contribution >= 0.6 is 0 Å². The third kappa shape index (κ3) is 4.95. The van der Waals surface area contributed by atoms with Crippen molar-refractivity contribution < 1.29 is 27.8 Å². The minimum absolute atomic E-state index is 0.0169. The van der Waals surface area contributed by atoms with E-state index in [0.29, 0.717) is 17.0 Å². The monoisotopic (exact) mass is 340 g/mol. The Kier molecular flexibility index (Phi) is 6.14. The van der Waals surface area contributed by atoms with E-state index in [0.717, 1.165) is 0 Å². The van der Waals surface area contributed by atoms with E-state index in [9.17, 15) is 13.6 Å². The SMILES string of the molecule is Cc1cc(OC(F)F)ccc1NC(=O)N(CCO)Cc1ccco1. The number of aryl methyl sites for hydroxylation is 1. The van der Waals surface area contributed by atoms with Gasteiger partial charge in [0.15, 0.2) is 0 Å². The van der Waals surface area contributed by atoms with Crippen LogP contribution in [0, 0.1) is 6.92 Å². The lowest BCUT2D eigenvalue weighted by Gasteiger charge is -2.22. The van der Waals surface area contributed by atoms with Gasteiger partial charge < -0.3 is 24.5 Å². The number of hydrogen-bond acceptors (Lipinski definition) is 4. The van der Waals surface area contributed by atoms with Crippen LogP contribution in [-0.2, 0) is 6.54 Å². The van der Waals surface area contributed by atoms with Gasteiger partial charge in [0.1, 0.15) is 11.5 Å². The zero-order valence-electron chi connectivity index (χ0n) is 13.0. The van der Waals surface area contributed by atoms with Gasteiger partial charge in [0.05, 0.1) is 19.4 Å². The fraction of sp³-hybridized carbons (Fsp3) is 0.312. The predicted octanol–water partition coefficient (Wildman–Crippen LogP) is 3.22. The first kappa shape index (κ1) is 17.7. The molecule has 0 saturated carbocycles. The van der Waals surface area contributed by atoms with Gasteiger partial charge in [-0.25, -0.2) is 4.79 Å². The number of nitrogens with one attached hydrogen (secondary N) is 1. The number of amides is 2. The van der Waals surface area contributed by atoms with Gasteiger partial charge in [-0.3, -0.25) is 0 Å². The summed E-state index contributed by atoms with van der Waals surface area (Å²) in [5.74, 6) is 0.597. The first-order valence-electron chi connectivity index (χ1n) is 7.24. The molecule has 0 spiro atoms. The third-order valence-electron chi connectivity index (χ3n) is 3.25. The number of carbonyl (C=O) groups excluding carboxylic acids is 1. The third-order valence-corrected chi connectivity index (χ3v) is 3.25. The summed E-state index contributed by atoms with van der Waals surface area (Å²) in [5, 5.41) is 11.8. The number of benzene rings is 1. The number of hydrogen-bond donors (Lipinski definition) is 2. The van der Waals surface area contributed by atoms with E-state index < -0.39 is 12.6 Å². The molecule has 0 aliphatic heterocycles. The minimum Gasteiger partial charge on any atom is -0.467 e. The van der Waals surface area contributed by atoms with E-state index in [-0.39, 0.29) is 25.4 Å². The Labute approximate surface area is 137 Å². The number of anilines is 1. The Hall–Kier alpha value is -2.61. The second-order valence-electron chi connectivity index (χ2n) is 5.01. The van der Waals surface area contributed by atoms with Crippen molar-refractivity contribution in [3.05, 3.63) is 47.9 Å². The van der Waals surface area contributed by atoms with E-state index >= 15 is 0 Å². The fourth-order valence-corrected chi connectivity index (χ4v) is 2.11. The summed E-state index contributed by atoms with van der Waals surface area (Å²) in [5.41, 5.74) is 1.03. The first-order chi connectivity index (χ1) is 11.5. The van der Waals surface area contributed by atoms with Gasteiger partial charge in [0.2, 0.25) is 0 Å². The molecule has 2 N–H and O–H groups in total. The maximum atomic E-state index is 12.4. The van der Waals surface area contributed by atoms with Gasteiger partial charge in [-0.15, -0.1) is 0 Å². The molecule has 1 aromatic carbocycles. The van der Waals surface area contributed by atoms with Crippen LogP contribution in [0.5, 0.6) is 5.75 Å². The molecule has 2 rings (SSSR count). The van der Waals surface area contributed by atoms with Crippen molar-refractivity contribution in [1.82, 2.24) is 4.90 Å². The Bertz CT molecular complexity index is 662. The van der Waals surface area contributed by atoms with Crippen LogP contribution < -0.4 is 10.1 Å². The number of carbonyl (C=O) groups is 1. The molecule has 2 aromatic rings. The van der Waals surface area contributed by atoms with Crippen molar-refractivity contribution in [3.8, 4) is 5.75 Å². The molecule has 6 nitrogen and oxygen atoms in total. The molecule has 0 unspecified atom stereocenters. The number of urea groups is 1. The number of nitrogens with zero attached hydrogens (tertiary/aromatic N) is 1. The largest absolute Gasteiger partial charge is 0.467 e. The predicted molar refractivity (Wildman–Crippen MR) is 83.0 cm³/mol. The van der Waals surface area contributed by atoms with E-state index in [2.05, 4.69) is 10.1 Å². The van der Waals surface area contributed by atoms with Crippen LogP contribution in [0.2, 0.25) is 0 Å². The van der Waals surface area contributed by atoms with E-state index in [1.807, 2.05) is 0 Å². The smallest absolute Gasteiger partial charge is 0.387 e. The summed E-state index contributed by atoms with van der Waals surface area (Å²) in [6.07, 6.45) is 1.50. The van der Waals surface area contributed by atoms with Crippen molar-refractivity contribution in [3.63, 3.8) is 0 Å². The van der Waals surface area contributed by atoms with Gasteiger partial charge in [-0.2, -0.15) is 8.78 Å². The molecule has 1 heterocycles. The molecular formula is C16H18F2N2O4.